The Morgan fingerprint density at radius 2 is 1.84 bits per heavy atom. The highest BCUT2D eigenvalue weighted by molar-refractivity contribution is 5.92. The Kier molecular flexibility index (Phi) is 4.03. The average Bonchev–Trinajstić information content (AvgIpc) is 3.11. The van der Waals surface area contributed by atoms with Crippen LogP contribution < -0.4 is 14.8 Å². The van der Waals surface area contributed by atoms with E-state index in [2.05, 4.69) is 15.3 Å². The maximum Gasteiger partial charge on any atom is 0.272 e. The molecule has 1 amide bonds. The Hall–Kier alpha value is -2.63. The summed E-state index contributed by atoms with van der Waals surface area (Å²) in [6, 6.07) is 5.96. The van der Waals surface area contributed by atoms with E-state index in [-0.39, 0.29) is 11.4 Å². The van der Waals surface area contributed by atoms with E-state index in [1.165, 1.54) is 6.20 Å². The molecule has 1 fully saturated rings. The molecule has 0 radical (unpaired) electrons. The number of ether oxygens (including phenoxy) is 2. The van der Waals surface area contributed by atoms with Crippen LogP contribution in [0.4, 0.5) is 0 Å². The van der Waals surface area contributed by atoms with Crippen LogP contribution in [0, 0.1) is 6.92 Å². The highest BCUT2D eigenvalue weighted by Gasteiger charge is 2.38. The second-order valence-electron chi connectivity index (χ2n) is 6.64. The van der Waals surface area contributed by atoms with Crippen molar-refractivity contribution < 1.29 is 14.3 Å². The number of carbonyl (C=O) groups is 1. The van der Waals surface area contributed by atoms with Gasteiger partial charge in [-0.2, -0.15) is 0 Å². The molecule has 1 aliphatic heterocycles. The summed E-state index contributed by atoms with van der Waals surface area (Å²) in [5.74, 6) is 1.32. The van der Waals surface area contributed by atoms with Crippen LogP contribution in [0.2, 0.25) is 0 Å². The van der Waals surface area contributed by atoms with E-state index in [1.54, 1.807) is 6.20 Å². The van der Waals surface area contributed by atoms with E-state index in [1.807, 2.05) is 25.1 Å². The lowest BCUT2D eigenvalue weighted by molar-refractivity contribution is 0.0892. The summed E-state index contributed by atoms with van der Waals surface area (Å²) < 4.78 is 11.3. The van der Waals surface area contributed by atoms with Gasteiger partial charge in [-0.15, -0.1) is 0 Å². The van der Waals surface area contributed by atoms with Crippen molar-refractivity contribution in [3.8, 4) is 11.5 Å². The number of nitrogens with one attached hydrogen (secondary N) is 1. The van der Waals surface area contributed by atoms with Gasteiger partial charge in [-0.25, -0.2) is 4.98 Å². The van der Waals surface area contributed by atoms with Crippen molar-refractivity contribution in [2.75, 3.05) is 13.2 Å². The van der Waals surface area contributed by atoms with Crippen LogP contribution in [-0.4, -0.2) is 29.1 Å². The number of aryl methyl sites for hydroxylation is 1. The molecule has 0 atom stereocenters. The summed E-state index contributed by atoms with van der Waals surface area (Å²) in [6.07, 6.45) is 7.09. The molecule has 1 aromatic carbocycles. The van der Waals surface area contributed by atoms with Crippen LogP contribution in [0.3, 0.4) is 0 Å². The Morgan fingerprint density at radius 1 is 1.08 bits per heavy atom. The van der Waals surface area contributed by atoms with Crippen LogP contribution in [0.25, 0.3) is 0 Å². The molecule has 1 aliphatic carbocycles. The number of hydrogen-bond donors (Lipinski definition) is 1. The Bertz CT molecular complexity index is 783. The van der Waals surface area contributed by atoms with Crippen LogP contribution in [-0.2, 0) is 5.54 Å². The van der Waals surface area contributed by atoms with Crippen molar-refractivity contribution in [2.45, 2.75) is 38.1 Å². The molecule has 2 aliphatic rings. The SMILES string of the molecule is Cc1cnc(C(=O)NC2(c3ccc4c(c3)OCCO4)CCCC2)cn1. The van der Waals surface area contributed by atoms with Crippen LogP contribution in [0.15, 0.2) is 30.6 Å². The van der Waals surface area contributed by atoms with Crippen molar-refractivity contribution in [3.63, 3.8) is 0 Å². The minimum absolute atomic E-state index is 0.190. The third-order valence-corrected chi connectivity index (χ3v) is 4.92. The Labute approximate surface area is 146 Å². The Morgan fingerprint density at radius 3 is 2.56 bits per heavy atom. The summed E-state index contributed by atoms with van der Waals surface area (Å²) >= 11 is 0. The summed E-state index contributed by atoms with van der Waals surface area (Å²) in [5.41, 5.74) is 1.80. The van der Waals surface area contributed by atoms with Gasteiger partial charge < -0.3 is 14.8 Å². The lowest BCUT2D eigenvalue weighted by Gasteiger charge is -2.32. The number of amides is 1. The second-order valence-corrected chi connectivity index (χ2v) is 6.64. The summed E-state index contributed by atoms with van der Waals surface area (Å²) in [4.78, 5) is 21.1. The molecule has 25 heavy (non-hydrogen) atoms. The van der Waals surface area contributed by atoms with Gasteiger partial charge in [0.1, 0.15) is 18.9 Å². The first kappa shape index (κ1) is 15.9. The Balaban J connectivity index is 1.63. The zero-order valence-corrected chi connectivity index (χ0v) is 14.2. The average molecular weight is 339 g/mol. The number of hydrogen-bond acceptors (Lipinski definition) is 5. The molecule has 6 nitrogen and oxygen atoms in total. The first-order chi connectivity index (χ1) is 12.2. The van der Waals surface area contributed by atoms with Gasteiger partial charge in [0.2, 0.25) is 0 Å². The van der Waals surface area contributed by atoms with Gasteiger partial charge >= 0.3 is 0 Å². The van der Waals surface area contributed by atoms with Crippen LogP contribution in [0.5, 0.6) is 11.5 Å². The molecule has 6 heteroatoms. The first-order valence-electron chi connectivity index (χ1n) is 8.68. The summed E-state index contributed by atoms with van der Waals surface area (Å²) in [5, 5.41) is 3.21. The molecule has 4 rings (SSSR count). The normalized spacial score (nSPS) is 18.0. The third-order valence-electron chi connectivity index (χ3n) is 4.92. The van der Waals surface area contributed by atoms with Crippen molar-refractivity contribution >= 4 is 5.91 Å². The molecule has 0 unspecified atom stereocenters. The maximum absolute atomic E-state index is 12.7. The van der Waals surface area contributed by atoms with Gasteiger partial charge in [0, 0.05) is 6.20 Å². The predicted octanol–water partition coefficient (Wildman–Crippen LogP) is 2.76. The van der Waals surface area contributed by atoms with E-state index in [0.29, 0.717) is 18.9 Å². The molecule has 0 saturated heterocycles. The fourth-order valence-electron chi connectivity index (χ4n) is 3.60. The zero-order chi connectivity index (χ0) is 17.3. The number of aromatic nitrogens is 2. The molecule has 130 valence electrons. The van der Waals surface area contributed by atoms with Gasteiger partial charge in [-0.3, -0.25) is 9.78 Å². The maximum atomic E-state index is 12.7. The van der Waals surface area contributed by atoms with Gasteiger partial charge in [0.25, 0.3) is 5.91 Å². The van der Waals surface area contributed by atoms with Crippen molar-refractivity contribution in [1.29, 1.82) is 0 Å². The third kappa shape index (κ3) is 3.04. The lowest BCUT2D eigenvalue weighted by Crippen LogP contribution is -2.44. The second kappa shape index (κ2) is 6.35. The number of fused-ring (bicyclic) bond motifs is 1. The van der Waals surface area contributed by atoms with Crippen molar-refractivity contribution in [3.05, 3.63) is 47.5 Å². The summed E-state index contributed by atoms with van der Waals surface area (Å²) in [7, 11) is 0. The molecule has 1 aromatic heterocycles. The molecule has 1 saturated carbocycles. The standard InChI is InChI=1S/C19H21N3O3/c1-13-11-21-15(12-20-13)18(23)22-19(6-2-3-7-19)14-4-5-16-17(10-14)25-9-8-24-16/h4-5,10-12H,2-3,6-9H2,1H3,(H,22,23). The fourth-order valence-corrected chi connectivity index (χ4v) is 3.60. The minimum atomic E-state index is -0.389. The minimum Gasteiger partial charge on any atom is -0.486 e. The van der Waals surface area contributed by atoms with Crippen LogP contribution >= 0.6 is 0 Å². The van der Waals surface area contributed by atoms with Crippen LogP contribution in [0.1, 0.15) is 47.4 Å². The highest BCUT2D eigenvalue weighted by Crippen LogP contribution is 2.42. The predicted molar refractivity (Wildman–Crippen MR) is 91.8 cm³/mol. The molecule has 0 bridgehead atoms. The molecule has 1 N–H and O–H groups in total. The largest absolute Gasteiger partial charge is 0.486 e. The number of benzene rings is 1. The van der Waals surface area contributed by atoms with E-state index in [4.69, 9.17) is 9.47 Å². The molecular weight excluding hydrogens is 318 g/mol. The fraction of sp³-hybridized carbons (Fsp3) is 0.421. The topological polar surface area (TPSA) is 73.3 Å². The number of carbonyl (C=O) groups excluding carboxylic acids is 1. The smallest absolute Gasteiger partial charge is 0.272 e. The molecule has 2 aromatic rings. The number of nitrogens with zero attached hydrogens (tertiary/aromatic N) is 2. The van der Waals surface area contributed by atoms with E-state index < -0.39 is 0 Å². The monoisotopic (exact) mass is 339 g/mol. The lowest BCUT2D eigenvalue weighted by atomic mass is 9.87. The molecular formula is C19H21N3O3. The van der Waals surface area contributed by atoms with Gasteiger partial charge in [0.05, 0.1) is 17.4 Å². The van der Waals surface area contributed by atoms with Gasteiger partial charge in [-0.05, 0) is 37.5 Å². The molecule has 2 heterocycles. The van der Waals surface area contributed by atoms with Gasteiger partial charge in [-0.1, -0.05) is 18.9 Å². The summed E-state index contributed by atoms with van der Waals surface area (Å²) in [6.45, 7) is 2.97. The van der Waals surface area contributed by atoms with E-state index in [0.717, 1.165) is 48.4 Å². The zero-order valence-electron chi connectivity index (χ0n) is 14.2. The molecule has 0 spiro atoms. The number of rotatable bonds is 3. The van der Waals surface area contributed by atoms with E-state index in [9.17, 15) is 4.79 Å². The first-order valence-corrected chi connectivity index (χ1v) is 8.68. The van der Waals surface area contributed by atoms with Crippen molar-refractivity contribution in [1.82, 2.24) is 15.3 Å². The van der Waals surface area contributed by atoms with E-state index >= 15 is 0 Å². The van der Waals surface area contributed by atoms with Gasteiger partial charge in [0.15, 0.2) is 11.5 Å². The van der Waals surface area contributed by atoms with Crippen molar-refractivity contribution in [2.24, 2.45) is 0 Å². The quantitative estimate of drug-likeness (QED) is 0.931. The highest BCUT2D eigenvalue weighted by atomic mass is 16.6.